The van der Waals surface area contributed by atoms with Gasteiger partial charge in [-0.1, -0.05) is 12.1 Å². The van der Waals surface area contributed by atoms with E-state index in [9.17, 15) is 9.90 Å². The number of fused-ring (bicyclic) bond motifs is 1. The Kier molecular flexibility index (Phi) is 2.70. The van der Waals surface area contributed by atoms with Crippen LogP contribution >= 0.6 is 0 Å². The molecule has 0 spiro atoms. The summed E-state index contributed by atoms with van der Waals surface area (Å²) in [7, 11) is 1.92. The summed E-state index contributed by atoms with van der Waals surface area (Å²) in [6, 6.07) is 8.27. The molecule has 1 N–H and O–H groups in total. The molecular weight excluding hydrogens is 238 g/mol. The summed E-state index contributed by atoms with van der Waals surface area (Å²) in [6.07, 6.45) is 3.53. The van der Waals surface area contributed by atoms with Crippen LogP contribution in [-0.4, -0.2) is 15.6 Å². The second-order valence-electron chi connectivity index (χ2n) is 5.23. The molecule has 0 saturated heterocycles. The Bertz CT molecular complexity index is 668. The molecule has 1 aliphatic rings. The zero-order valence-electron chi connectivity index (χ0n) is 11.2. The van der Waals surface area contributed by atoms with Crippen LogP contribution in [0.3, 0.4) is 0 Å². The predicted octanol–water partition coefficient (Wildman–Crippen LogP) is 3.19. The smallest absolute Gasteiger partial charge is 0.337 e. The first-order chi connectivity index (χ1) is 9.08. The summed E-state index contributed by atoms with van der Waals surface area (Å²) in [5, 5.41) is 9.19. The summed E-state index contributed by atoms with van der Waals surface area (Å²) in [5.74, 6) is -0.861. The van der Waals surface area contributed by atoms with Crippen molar-refractivity contribution in [1.82, 2.24) is 4.57 Å². The number of rotatable bonds is 2. The first-order valence-electron chi connectivity index (χ1n) is 6.59. The van der Waals surface area contributed by atoms with Crippen molar-refractivity contribution in [1.29, 1.82) is 0 Å². The number of carboxylic acids is 1. The Morgan fingerprint density at radius 2 is 1.95 bits per heavy atom. The minimum atomic E-state index is -0.861. The Hall–Kier alpha value is -2.03. The van der Waals surface area contributed by atoms with Gasteiger partial charge in [0, 0.05) is 18.4 Å². The van der Waals surface area contributed by atoms with Crippen LogP contribution in [0.4, 0.5) is 0 Å². The standard InChI is InChI=1S/C16H17NO2/c1-10-14(16(18)19)9-15(17(10)2)13-7-6-11-4-3-5-12(11)8-13/h6-9H,3-5H2,1-2H3,(H,18,19). The van der Waals surface area contributed by atoms with Gasteiger partial charge in [0.15, 0.2) is 0 Å². The summed E-state index contributed by atoms with van der Waals surface area (Å²) < 4.78 is 1.96. The van der Waals surface area contributed by atoms with Crippen molar-refractivity contribution in [2.45, 2.75) is 26.2 Å². The number of carboxylic acid groups (broad SMARTS) is 1. The lowest BCUT2D eigenvalue weighted by atomic mass is 10.0. The molecule has 3 rings (SSSR count). The maximum absolute atomic E-state index is 11.2. The number of nitrogens with zero attached hydrogens (tertiary/aromatic N) is 1. The second kappa shape index (κ2) is 4.26. The summed E-state index contributed by atoms with van der Waals surface area (Å²) in [6.45, 7) is 1.85. The van der Waals surface area contributed by atoms with E-state index in [0.717, 1.165) is 23.4 Å². The van der Waals surface area contributed by atoms with E-state index in [1.165, 1.54) is 24.0 Å². The zero-order valence-corrected chi connectivity index (χ0v) is 11.2. The van der Waals surface area contributed by atoms with Crippen LogP contribution in [0.1, 0.15) is 33.6 Å². The molecule has 2 aromatic rings. The molecule has 0 bridgehead atoms. The second-order valence-corrected chi connectivity index (χ2v) is 5.23. The van der Waals surface area contributed by atoms with Gasteiger partial charge in [-0.15, -0.1) is 0 Å². The van der Waals surface area contributed by atoms with Crippen molar-refractivity contribution >= 4 is 5.97 Å². The molecule has 1 aromatic carbocycles. The highest BCUT2D eigenvalue weighted by atomic mass is 16.4. The van der Waals surface area contributed by atoms with Gasteiger partial charge >= 0.3 is 5.97 Å². The molecular formula is C16H17NO2. The lowest BCUT2D eigenvalue weighted by Gasteiger charge is -2.07. The molecule has 1 aromatic heterocycles. The van der Waals surface area contributed by atoms with E-state index >= 15 is 0 Å². The van der Waals surface area contributed by atoms with Crippen molar-refractivity contribution in [3.8, 4) is 11.3 Å². The number of aryl methyl sites for hydroxylation is 2. The van der Waals surface area contributed by atoms with Crippen LogP contribution in [-0.2, 0) is 19.9 Å². The van der Waals surface area contributed by atoms with E-state index in [0.29, 0.717) is 5.56 Å². The van der Waals surface area contributed by atoms with Crippen LogP contribution in [0.15, 0.2) is 24.3 Å². The van der Waals surface area contributed by atoms with Crippen molar-refractivity contribution in [3.63, 3.8) is 0 Å². The number of aromatic nitrogens is 1. The minimum absolute atomic E-state index is 0.387. The van der Waals surface area contributed by atoms with Gasteiger partial charge < -0.3 is 9.67 Å². The minimum Gasteiger partial charge on any atom is -0.478 e. The third-order valence-electron chi connectivity index (χ3n) is 4.16. The zero-order chi connectivity index (χ0) is 13.6. The van der Waals surface area contributed by atoms with Gasteiger partial charge in [0.2, 0.25) is 0 Å². The number of hydrogen-bond donors (Lipinski definition) is 1. The number of benzene rings is 1. The van der Waals surface area contributed by atoms with Gasteiger partial charge in [-0.05, 0) is 55.0 Å². The average Bonchev–Trinajstić information content (AvgIpc) is 2.95. The molecule has 0 amide bonds. The Morgan fingerprint density at radius 3 is 2.63 bits per heavy atom. The molecule has 0 radical (unpaired) electrons. The fourth-order valence-corrected chi connectivity index (χ4v) is 2.92. The Balaban J connectivity index is 2.12. The molecule has 0 fully saturated rings. The molecule has 0 aliphatic heterocycles. The topological polar surface area (TPSA) is 42.2 Å². The molecule has 1 heterocycles. The normalized spacial score (nSPS) is 13.6. The fraction of sp³-hybridized carbons (Fsp3) is 0.312. The number of carbonyl (C=O) groups is 1. The van der Waals surface area contributed by atoms with Crippen LogP contribution in [0.5, 0.6) is 0 Å². The Labute approximate surface area is 112 Å². The highest BCUT2D eigenvalue weighted by Gasteiger charge is 2.17. The number of hydrogen-bond acceptors (Lipinski definition) is 1. The van der Waals surface area contributed by atoms with Gasteiger partial charge in [-0.2, -0.15) is 0 Å². The molecule has 0 unspecified atom stereocenters. The molecule has 1 aliphatic carbocycles. The lowest BCUT2D eigenvalue weighted by molar-refractivity contribution is 0.0696. The highest BCUT2D eigenvalue weighted by molar-refractivity contribution is 5.91. The van der Waals surface area contributed by atoms with E-state index in [1.54, 1.807) is 6.07 Å². The van der Waals surface area contributed by atoms with Gasteiger partial charge in [-0.25, -0.2) is 4.79 Å². The highest BCUT2D eigenvalue weighted by Crippen LogP contribution is 2.30. The summed E-state index contributed by atoms with van der Waals surface area (Å²) >= 11 is 0. The summed E-state index contributed by atoms with van der Waals surface area (Å²) in [4.78, 5) is 11.2. The van der Waals surface area contributed by atoms with Crippen molar-refractivity contribution in [2.24, 2.45) is 7.05 Å². The predicted molar refractivity (Wildman–Crippen MR) is 74.6 cm³/mol. The maximum atomic E-state index is 11.2. The van der Waals surface area contributed by atoms with Crippen molar-refractivity contribution < 1.29 is 9.90 Å². The van der Waals surface area contributed by atoms with Crippen LogP contribution < -0.4 is 0 Å². The van der Waals surface area contributed by atoms with Crippen LogP contribution in [0.25, 0.3) is 11.3 Å². The van der Waals surface area contributed by atoms with Crippen LogP contribution in [0, 0.1) is 6.92 Å². The lowest BCUT2D eigenvalue weighted by Crippen LogP contribution is -1.99. The molecule has 0 saturated carbocycles. The van der Waals surface area contributed by atoms with E-state index in [2.05, 4.69) is 18.2 Å². The molecule has 0 atom stereocenters. The van der Waals surface area contributed by atoms with Crippen molar-refractivity contribution in [2.75, 3.05) is 0 Å². The molecule has 3 heteroatoms. The van der Waals surface area contributed by atoms with Gasteiger partial charge in [-0.3, -0.25) is 0 Å². The monoisotopic (exact) mass is 255 g/mol. The third kappa shape index (κ3) is 1.86. The quantitative estimate of drug-likeness (QED) is 0.895. The number of aromatic carboxylic acids is 1. The SMILES string of the molecule is Cc1c(C(=O)O)cc(-c2ccc3c(c2)CCC3)n1C. The van der Waals surface area contributed by atoms with E-state index in [4.69, 9.17) is 0 Å². The fourth-order valence-electron chi connectivity index (χ4n) is 2.92. The average molecular weight is 255 g/mol. The van der Waals surface area contributed by atoms with Gasteiger partial charge in [0.05, 0.1) is 5.56 Å². The molecule has 98 valence electrons. The van der Waals surface area contributed by atoms with E-state index in [1.807, 2.05) is 18.5 Å². The van der Waals surface area contributed by atoms with E-state index in [-0.39, 0.29) is 0 Å². The summed E-state index contributed by atoms with van der Waals surface area (Å²) in [5.41, 5.74) is 6.12. The van der Waals surface area contributed by atoms with Gasteiger partial charge in [0.1, 0.15) is 0 Å². The molecule has 19 heavy (non-hydrogen) atoms. The largest absolute Gasteiger partial charge is 0.478 e. The first kappa shape index (κ1) is 12.0. The van der Waals surface area contributed by atoms with E-state index < -0.39 is 5.97 Å². The maximum Gasteiger partial charge on any atom is 0.337 e. The third-order valence-corrected chi connectivity index (χ3v) is 4.16. The molecule has 3 nitrogen and oxygen atoms in total. The van der Waals surface area contributed by atoms with Crippen molar-refractivity contribution in [3.05, 3.63) is 46.6 Å². The van der Waals surface area contributed by atoms with Gasteiger partial charge in [0.25, 0.3) is 0 Å². The van der Waals surface area contributed by atoms with Crippen LogP contribution in [0.2, 0.25) is 0 Å². The Morgan fingerprint density at radius 1 is 1.21 bits per heavy atom. The first-order valence-corrected chi connectivity index (χ1v) is 6.59.